The number of carbonyl (C=O) groups excluding carboxylic acids is 3. The number of ketones is 1. The molecule has 1 heterocycles. The Morgan fingerprint density at radius 2 is 1.96 bits per heavy atom. The Labute approximate surface area is 158 Å². The summed E-state index contributed by atoms with van der Waals surface area (Å²) >= 11 is 3.28. The van der Waals surface area contributed by atoms with Crippen molar-refractivity contribution in [2.45, 2.75) is 6.42 Å². The van der Waals surface area contributed by atoms with E-state index in [-0.39, 0.29) is 18.9 Å². The fourth-order valence-electron chi connectivity index (χ4n) is 2.52. The van der Waals surface area contributed by atoms with Crippen LogP contribution in [0.1, 0.15) is 26.3 Å². The summed E-state index contributed by atoms with van der Waals surface area (Å²) in [7, 11) is 0. The fourth-order valence-corrected chi connectivity index (χ4v) is 2.92. The van der Waals surface area contributed by atoms with Gasteiger partial charge in [0.25, 0.3) is 5.91 Å². The van der Waals surface area contributed by atoms with Crippen molar-refractivity contribution in [2.24, 2.45) is 0 Å². The number of fused-ring (bicyclic) bond motifs is 1. The first-order chi connectivity index (χ1) is 12.5. The Morgan fingerprint density at radius 3 is 2.77 bits per heavy atom. The van der Waals surface area contributed by atoms with Gasteiger partial charge in [0, 0.05) is 22.0 Å². The molecule has 0 atom stereocenters. The Balaban J connectivity index is 1.46. The van der Waals surface area contributed by atoms with E-state index in [0.717, 1.165) is 22.2 Å². The minimum absolute atomic E-state index is 0.300. The Kier molecular flexibility index (Phi) is 5.68. The number of rotatable bonds is 6. The van der Waals surface area contributed by atoms with Gasteiger partial charge in [0.15, 0.2) is 12.4 Å². The number of esters is 1. The predicted octanol–water partition coefficient (Wildman–Crippen LogP) is 2.54. The smallest absolute Gasteiger partial charge is 0.325 e. The molecule has 134 valence electrons. The molecule has 1 N–H and O–H groups in total. The molecule has 0 spiro atoms. The van der Waals surface area contributed by atoms with Crippen LogP contribution >= 0.6 is 15.9 Å². The fraction of sp³-hybridized carbons (Fsp3) is 0.211. The Bertz CT molecular complexity index is 865. The maximum absolute atomic E-state index is 12.1. The van der Waals surface area contributed by atoms with Crippen LogP contribution in [0.25, 0.3) is 0 Å². The zero-order valence-electron chi connectivity index (χ0n) is 13.8. The number of nitrogens with one attached hydrogen (secondary N) is 1. The normalized spacial score (nSPS) is 12.0. The van der Waals surface area contributed by atoms with Gasteiger partial charge in [0.1, 0.15) is 12.3 Å². The number of halogens is 1. The molecule has 6 nitrogen and oxygen atoms in total. The van der Waals surface area contributed by atoms with Crippen LogP contribution in [-0.4, -0.2) is 37.4 Å². The second-order valence-corrected chi connectivity index (χ2v) is 6.61. The Hall–Kier alpha value is -2.67. The van der Waals surface area contributed by atoms with Crippen LogP contribution in [-0.2, 0) is 16.0 Å². The summed E-state index contributed by atoms with van der Waals surface area (Å²) in [6.45, 7) is -0.0679. The minimum atomic E-state index is -0.675. The highest BCUT2D eigenvalue weighted by Gasteiger charge is 2.16. The van der Waals surface area contributed by atoms with Crippen LogP contribution in [0, 0.1) is 0 Å². The van der Waals surface area contributed by atoms with Gasteiger partial charge >= 0.3 is 5.97 Å². The Morgan fingerprint density at radius 1 is 1.12 bits per heavy atom. The van der Waals surface area contributed by atoms with E-state index in [2.05, 4.69) is 21.2 Å². The lowest BCUT2D eigenvalue weighted by Gasteiger charge is -2.07. The average Bonchev–Trinajstić information content (AvgIpc) is 3.11. The monoisotopic (exact) mass is 417 g/mol. The molecular formula is C19H16BrNO5. The number of benzene rings is 2. The molecule has 0 bridgehead atoms. The number of Topliss-reactive ketones (excluding diaryl/α,β-unsaturated/α-hetero) is 1. The van der Waals surface area contributed by atoms with Crippen molar-refractivity contribution in [2.75, 3.05) is 19.8 Å². The van der Waals surface area contributed by atoms with Crippen LogP contribution in [0.3, 0.4) is 0 Å². The van der Waals surface area contributed by atoms with Crippen molar-refractivity contribution in [3.63, 3.8) is 0 Å². The van der Waals surface area contributed by atoms with Crippen molar-refractivity contribution in [1.82, 2.24) is 5.32 Å². The van der Waals surface area contributed by atoms with Crippen LogP contribution in [0.5, 0.6) is 5.75 Å². The molecule has 0 radical (unpaired) electrons. The SMILES string of the molecule is O=C(CNC(=O)c1cccc(Br)c1)OCC(=O)c1ccc2c(c1)CCO2. The van der Waals surface area contributed by atoms with Gasteiger partial charge < -0.3 is 14.8 Å². The van der Waals surface area contributed by atoms with Gasteiger partial charge in [-0.1, -0.05) is 22.0 Å². The van der Waals surface area contributed by atoms with Crippen molar-refractivity contribution in [3.05, 3.63) is 63.6 Å². The summed E-state index contributed by atoms with van der Waals surface area (Å²) < 4.78 is 11.1. The molecule has 2 aromatic carbocycles. The first-order valence-corrected chi connectivity index (χ1v) is 8.80. The molecule has 3 rings (SSSR count). The van der Waals surface area contributed by atoms with E-state index in [4.69, 9.17) is 9.47 Å². The highest BCUT2D eigenvalue weighted by Crippen LogP contribution is 2.26. The van der Waals surface area contributed by atoms with E-state index in [1.165, 1.54) is 0 Å². The van der Waals surface area contributed by atoms with Gasteiger partial charge in [-0.3, -0.25) is 14.4 Å². The van der Waals surface area contributed by atoms with Crippen molar-refractivity contribution < 1.29 is 23.9 Å². The van der Waals surface area contributed by atoms with Crippen LogP contribution in [0.2, 0.25) is 0 Å². The molecule has 0 aliphatic carbocycles. The summed E-state index contributed by atoms with van der Waals surface area (Å²) in [6, 6.07) is 11.9. The number of hydrogen-bond acceptors (Lipinski definition) is 5. The summed E-state index contributed by atoms with van der Waals surface area (Å²) in [4.78, 5) is 35.8. The molecule has 0 saturated carbocycles. The third-order valence-corrected chi connectivity index (χ3v) is 4.35. The molecule has 0 unspecified atom stereocenters. The van der Waals surface area contributed by atoms with Crippen molar-refractivity contribution in [1.29, 1.82) is 0 Å². The standard InChI is InChI=1S/C19H16BrNO5/c20-15-3-1-2-14(9-15)19(24)21-10-18(23)26-11-16(22)12-4-5-17-13(8-12)6-7-25-17/h1-5,8-9H,6-7,10-11H2,(H,21,24). The van der Waals surface area contributed by atoms with E-state index in [1.54, 1.807) is 42.5 Å². The molecule has 1 aliphatic heterocycles. The molecular weight excluding hydrogens is 402 g/mol. The molecule has 7 heteroatoms. The lowest BCUT2D eigenvalue weighted by molar-refractivity contribution is -0.141. The van der Waals surface area contributed by atoms with Gasteiger partial charge in [-0.2, -0.15) is 0 Å². The van der Waals surface area contributed by atoms with E-state index in [9.17, 15) is 14.4 Å². The van der Waals surface area contributed by atoms with E-state index < -0.39 is 11.9 Å². The van der Waals surface area contributed by atoms with E-state index in [0.29, 0.717) is 17.7 Å². The van der Waals surface area contributed by atoms with E-state index in [1.807, 2.05) is 0 Å². The number of amides is 1. The quantitative estimate of drug-likeness (QED) is 0.576. The maximum atomic E-state index is 12.1. The lowest BCUT2D eigenvalue weighted by atomic mass is 10.1. The second kappa shape index (κ2) is 8.14. The summed E-state index contributed by atoms with van der Waals surface area (Å²) in [6.07, 6.45) is 0.762. The topological polar surface area (TPSA) is 81.7 Å². The number of carbonyl (C=O) groups is 3. The molecule has 1 amide bonds. The van der Waals surface area contributed by atoms with E-state index >= 15 is 0 Å². The van der Waals surface area contributed by atoms with Gasteiger partial charge in [-0.05, 0) is 42.0 Å². The highest BCUT2D eigenvalue weighted by atomic mass is 79.9. The largest absolute Gasteiger partial charge is 0.493 e. The van der Waals surface area contributed by atoms with Gasteiger partial charge in [-0.25, -0.2) is 0 Å². The molecule has 0 saturated heterocycles. The van der Waals surface area contributed by atoms with Crippen molar-refractivity contribution >= 4 is 33.6 Å². The predicted molar refractivity (Wildman–Crippen MR) is 97.4 cm³/mol. The lowest BCUT2D eigenvalue weighted by Crippen LogP contribution is -2.31. The van der Waals surface area contributed by atoms with Crippen molar-refractivity contribution in [3.8, 4) is 5.75 Å². The molecule has 26 heavy (non-hydrogen) atoms. The van der Waals surface area contributed by atoms with Crippen LogP contribution < -0.4 is 10.1 Å². The first kappa shape index (κ1) is 18.1. The summed E-state index contributed by atoms with van der Waals surface area (Å²) in [5.74, 6) is -0.584. The van der Waals surface area contributed by atoms with Gasteiger partial charge in [-0.15, -0.1) is 0 Å². The summed E-state index contributed by atoms with van der Waals surface area (Å²) in [5.41, 5.74) is 1.87. The number of hydrogen-bond donors (Lipinski definition) is 1. The zero-order valence-corrected chi connectivity index (χ0v) is 15.4. The summed E-state index contributed by atoms with van der Waals surface area (Å²) in [5, 5.41) is 2.46. The molecule has 2 aromatic rings. The first-order valence-electron chi connectivity index (χ1n) is 8.01. The third kappa shape index (κ3) is 4.49. The molecule has 0 fully saturated rings. The van der Waals surface area contributed by atoms with Crippen LogP contribution in [0.4, 0.5) is 0 Å². The average molecular weight is 418 g/mol. The molecule has 0 aromatic heterocycles. The van der Waals surface area contributed by atoms with Crippen LogP contribution in [0.15, 0.2) is 46.9 Å². The third-order valence-electron chi connectivity index (χ3n) is 3.86. The highest BCUT2D eigenvalue weighted by molar-refractivity contribution is 9.10. The number of ether oxygens (including phenoxy) is 2. The van der Waals surface area contributed by atoms with Gasteiger partial charge in [0.05, 0.1) is 6.61 Å². The van der Waals surface area contributed by atoms with Gasteiger partial charge in [0.2, 0.25) is 0 Å². The molecule has 1 aliphatic rings. The maximum Gasteiger partial charge on any atom is 0.325 e. The zero-order chi connectivity index (χ0) is 18.5. The minimum Gasteiger partial charge on any atom is -0.493 e. The second-order valence-electron chi connectivity index (χ2n) is 5.70.